The molecule has 0 bridgehead atoms. The maximum atomic E-state index is 6.02. The van der Waals surface area contributed by atoms with Crippen molar-refractivity contribution in [3.05, 3.63) is 21.3 Å². The van der Waals surface area contributed by atoms with Crippen LogP contribution in [0, 0.1) is 0 Å². The number of ether oxygens (including phenoxy) is 2. The Bertz CT molecular complexity index is 353. The summed E-state index contributed by atoms with van der Waals surface area (Å²) in [4.78, 5) is 3.51. The second-order valence-electron chi connectivity index (χ2n) is 4.35. The van der Waals surface area contributed by atoms with Gasteiger partial charge < -0.3 is 15.2 Å². The third-order valence-electron chi connectivity index (χ3n) is 3.03. The Morgan fingerprint density at radius 1 is 1.25 bits per heavy atom. The number of thiophene rings is 1. The van der Waals surface area contributed by atoms with Gasteiger partial charge in [0, 0.05) is 43.1 Å². The van der Waals surface area contributed by atoms with E-state index in [4.69, 9.17) is 26.8 Å². The summed E-state index contributed by atoms with van der Waals surface area (Å²) in [5.74, 6) is 0. The summed E-state index contributed by atoms with van der Waals surface area (Å²) in [5.41, 5.74) is 5.96. The van der Waals surface area contributed by atoms with E-state index in [9.17, 15) is 0 Å². The van der Waals surface area contributed by atoms with Gasteiger partial charge in [0.15, 0.2) is 0 Å². The second kappa shape index (κ2) is 10.5. The van der Waals surface area contributed by atoms with Crippen LogP contribution in [0.1, 0.15) is 24.8 Å². The molecule has 1 aromatic rings. The molecule has 1 rings (SSSR count). The first-order valence-electron chi connectivity index (χ1n) is 7.06. The molecule has 0 saturated heterocycles. The van der Waals surface area contributed by atoms with E-state index in [1.807, 2.05) is 25.3 Å². The van der Waals surface area contributed by atoms with Gasteiger partial charge in [0.05, 0.1) is 24.3 Å². The van der Waals surface area contributed by atoms with E-state index < -0.39 is 0 Å². The van der Waals surface area contributed by atoms with Gasteiger partial charge in [0.1, 0.15) is 0 Å². The minimum atomic E-state index is 0.174. The molecule has 0 amide bonds. The lowest BCUT2D eigenvalue weighted by molar-refractivity contribution is 0.0647. The van der Waals surface area contributed by atoms with Crippen molar-refractivity contribution in [2.75, 3.05) is 46.1 Å². The lowest BCUT2D eigenvalue weighted by atomic mass is 10.2. The molecule has 1 unspecified atom stereocenters. The van der Waals surface area contributed by atoms with Gasteiger partial charge in [-0.05, 0) is 19.9 Å². The summed E-state index contributed by atoms with van der Waals surface area (Å²) in [7, 11) is 0. The first kappa shape index (κ1) is 17.9. The fourth-order valence-corrected chi connectivity index (χ4v) is 3.25. The van der Waals surface area contributed by atoms with E-state index in [0.29, 0.717) is 19.8 Å². The van der Waals surface area contributed by atoms with Crippen molar-refractivity contribution < 1.29 is 9.47 Å². The summed E-state index contributed by atoms with van der Waals surface area (Å²) in [5, 5.41) is 2.72. The van der Waals surface area contributed by atoms with Crippen LogP contribution in [-0.2, 0) is 9.47 Å². The van der Waals surface area contributed by atoms with Crippen LogP contribution in [0.3, 0.4) is 0 Å². The molecule has 0 aliphatic rings. The fraction of sp³-hybridized carbons (Fsp3) is 0.714. The highest BCUT2D eigenvalue weighted by molar-refractivity contribution is 7.10. The summed E-state index contributed by atoms with van der Waals surface area (Å²) >= 11 is 7.68. The van der Waals surface area contributed by atoms with Crippen LogP contribution in [0.5, 0.6) is 0 Å². The first-order valence-corrected chi connectivity index (χ1v) is 8.32. The molecule has 0 radical (unpaired) electrons. The van der Waals surface area contributed by atoms with Gasteiger partial charge in [0.2, 0.25) is 0 Å². The highest BCUT2D eigenvalue weighted by Crippen LogP contribution is 2.28. The lowest BCUT2D eigenvalue weighted by Crippen LogP contribution is -2.38. The van der Waals surface area contributed by atoms with Crippen molar-refractivity contribution in [2.24, 2.45) is 5.73 Å². The van der Waals surface area contributed by atoms with Crippen molar-refractivity contribution in [3.63, 3.8) is 0 Å². The van der Waals surface area contributed by atoms with E-state index in [1.54, 1.807) is 11.3 Å². The van der Waals surface area contributed by atoms with Crippen molar-refractivity contribution in [3.8, 4) is 0 Å². The van der Waals surface area contributed by atoms with E-state index in [1.165, 1.54) is 4.88 Å². The van der Waals surface area contributed by atoms with Gasteiger partial charge in [-0.3, -0.25) is 4.90 Å². The average Bonchev–Trinajstić information content (AvgIpc) is 2.86. The molecule has 6 heteroatoms. The summed E-state index contributed by atoms with van der Waals surface area (Å²) < 4.78 is 10.9. The Hall–Kier alpha value is -0.170. The molecule has 1 heterocycles. The number of nitrogens with zero attached hydrogens (tertiary/aromatic N) is 1. The van der Waals surface area contributed by atoms with Crippen molar-refractivity contribution >= 4 is 22.9 Å². The third-order valence-corrected chi connectivity index (χ3v) is 4.42. The third kappa shape index (κ3) is 6.08. The Balaban J connectivity index is 2.65. The van der Waals surface area contributed by atoms with Gasteiger partial charge in [-0.1, -0.05) is 11.6 Å². The highest BCUT2D eigenvalue weighted by atomic mass is 35.5. The second-order valence-corrected chi connectivity index (χ2v) is 5.73. The number of nitrogens with two attached hydrogens (primary N) is 1. The zero-order valence-electron chi connectivity index (χ0n) is 12.3. The van der Waals surface area contributed by atoms with Crippen LogP contribution in [0.2, 0.25) is 5.02 Å². The van der Waals surface area contributed by atoms with E-state index >= 15 is 0 Å². The van der Waals surface area contributed by atoms with Gasteiger partial charge >= 0.3 is 0 Å². The molecular formula is C14H25ClN2O2S. The minimum absolute atomic E-state index is 0.174. The van der Waals surface area contributed by atoms with Crippen LogP contribution < -0.4 is 5.73 Å². The number of halogens is 1. The maximum Gasteiger partial charge on any atom is 0.0593 e. The summed E-state index contributed by atoms with van der Waals surface area (Å²) in [6.07, 6.45) is 0. The molecule has 0 aliphatic carbocycles. The monoisotopic (exact) mass is 320 g/mol. The summed E-state index contributed by atoms with van der Waals surface area (Å²) in [6, 6.07) is 2.17. The molecule has 116 valence electrons. The lowest BCUT2D eigenvalue weighted by Gasteiger charge is -2.30. The Labute approximate surface area is 130 Å². The molecule has 0 spiro atoms. The van der Waals surface area contributed by atoms with Gasteiger partial charge in [-0.2, -0.15) is 0 Å². The molecule has 0 fully saturated rings. The van der Waals surface area contributed by atoms with Crippen molar-refractivity contribution in [2.45, 2.75) is 19.9 Å². The van der Waals surface area contributed by atoms with Gasteiger partial charge in [-0.15, -0.1) is 11.3 Å². The standard InChI is InChI=1S/C14H25ClN2O2S/c1-3-18-7-5-17(6-8-19-4-2)13(10-16)14-9-12(15)11-20-14/h9,11,13H,3-8,10,16H2,1-2H3. The number of hydrogen-bond acceptors (Lipinski definition) is 5. The molecule has 4 nitrogen and oxygen atoms in total. The first-order chi connectivity index (χ1) is 9.72. The van der Waals surface area contributed by atoms with Crippen molar-refractivity contribution in [1.82, 2.24) is 4.90 Å². The predicted molar refractivity (Wildman–Crippen MR) is 85.7 cm³/mol. The fourth-order valence-electron chi connectivity index (χ4n) is 2.02. The molecule has 0 saturated carbocycles. The van der Waals surface area contributed by atoms with Crippen LogP contribution in [0.25, 0.3) is 0 Å². The van der Waals surface area contributed by atoms with Crippen LogP contribution in [0.4, 0.5) is 0 Å². The zero-order chi connectivity index (χ0) is 14.8. The number of rotatable bonds is 11. The molecule has 2 N–H and O–H groups in total. The smallest absolute Gasteiger partial charge is 0.0593 e. The Morgan fingerprint density at radius 3 is 2.25 bits per heavy atom. The SMILES string of the molecule is CCOCCN(CCOCC)C(CN)c1cc(Cl)cs1. The zero-order valence-corrected chi connectivity index (χ0v) is 13.9. The Kier molecular flexibility index (Phi) is 9.42. The molecule has 1 aromatic heterocycles. The van der Waals surface area contributed by atoms with E-state index in [2.05, 4.69) is 4.90 Å². The van der Waals surface area contributed by atoms with Crippen molar-refractivity contribution in [1.29, 1.82) is 0 Å². The highest BCUT2D eigenvalue weighted by Gasteiger charge is 2.20. The normalized spacial score (nSPS) is 13.1. The Morgan fingerprint density at radius 2 is 1.85 bits per heavy atom. The topological polar surface area (TPSA) is 47.7 Å². The van der Waals surface area contributed by atoms with E-state index in [0.717, 1.165) is 31.3 Å². The molecule has 0 aliphatic heterocycles. The summed E-state index contributed by atoms with van der Waals surface area (Å²) in [6.45, 7) is 9.14. The molecular weight excluding hydrogens is 296 g/mol. The van der Waals surface area contributed by atoms with Crippen LogP contribution in [0.15, 0.2) is 11.4 Å². The largest absolute Gasteiger partial charge is 0.380 e. The minimum Gasteiger partial charge on any atom is -0.380 e. The number of hydrogen-bond donors (Lipinski definition) is 1. The predicted octanol–water partition coefficient (Wildman–Crippen LogP) is 2.78. The quantitative estimate of drug-likeness (QED) is 0.637. The van der Waals surface area contributed by atoms with Gasteiger partial charge in [-0.25, -0.2) is 0 Å². The van der Waals surface area contributed by atoms with E-state index in [-0.39, 0.29) is 6.04 Å². The van der Waals surface area contributed by atoms with Crippen LogP contribution in [-0.4, -0.2) is 51.0 Å². The van der Waals surface area contributed by atoms with Gasteiger partial charge in [0.25, 0.3) is 0 Å². The van der Waals surface area contributed by atoms with Crippen LogP contribution >= 0.6 is 22.9 Å². The molecule has 1 atom stereocenters. The average molecular weight is 321 g/mol. The molecule has 0 aromatic carbocycles. The molecule has 20 heavy (non-hydrogen) atoms. The maximum absolute atomic E-state index is 6.02.